The van der Waals surface area contributed by atoms with Crippen LogP contribution in [0.3, 0.4) is 0 Å². The van der Waals surface area contributed by atoms with Crippen molar-refractivity contribution in [1.29, 1.82) is 0 Å². The van der Waals surface area contributed by atoms with Crippen molar-refractivity contribution < 1.29 is 9.59 Å². The van der Waals surface area contributed by atoms with E-state index in [-0.39, 0.29) is 18.4 Å². The van der Waals surface area contributed by atoms with Crippen molar-refractivity contribution in [1.82, 2.24) is 40.0 Å². The van der Waals surface area contributed by atoms with Gasteiger partial charge in [-0.25, -0.2) is 14.7 Å². The maximum atomic E-state index is 13.3. The Balaban J connectivity index is 1.28. The molecule has 0 bridgehead atoms. The molecule has 0 atom stereocenters. The third-order valence-electron chi connectivity index (χ3n) is 6.15. The quantitative estimate of drug-likeness (QED) is 0.580. The molecule has 0 N–H and O–H groups in total. The third-order valence-corrected chi connectivity index (χ3v) is 6.15. The zero-order valence-corrected chi connectivity index (χ0v) is 18.7. The molecule has 11 heteroatoms. The summed E-state index contributed by atoms with van der Waals surface area (Å²) in [6.45, 7) is 4.56. The summed E-state index contributed by atoms with van der Waals surface area (Å²) in [4.78, 5) is 29.7. The number of amides is 2. The van der Waals surface area contributed by atoms with Crippen molar-refractivity contribution in [3.8, 4) is 5.69 Å². The van der Waals surface area contributed by atoms with E-state index in [1.165, 1.54) is 21.2 Å². The summed E-state index contributed by atoms with van der Waals surface area (Å²) >= 11 is 0. The minimum atomic E-state index is -0.239. The maximum absolute atomic E-state index is 13.3. The Morgan fingerprint density at radius 1 is 0.939 bits per heavy atom. The van der Waals surface area contributed by atoms with Gasteiger partial charge in [0, 0.05) is 26.2 Å². The molecular formula is C22H27N9O2. The standard InChI is InChI=1S/C22H27N9O2/c1-17-19(15-23-31(17)18-9-4-2-5-10-18)21(33)29-14-8-13-28(29)20(32)16-30-25-22(24-26-30)27-11-6-3-7-12-27/h2,4-5,9-10,15H,3,6-8,11-14,16H2,1H3. The highest BCUT2D eigenvalue weighted by Crippen LogP contribution is 2.20. The maximum Gasteiger partial charge on any atom is 0.275 e. The summed E-state index contributed by atoms with van der Waals surface area (Å²) in [5, 5.41) is 19.9. The van der Waals surface area contributed by atoms with Crippen LogP contribution in [-0.4, -0.2) is 78.0 Å². The van der Waals surface area contributed by atoms with Crippen molar-refractivity contribution in [3.05, 3.63) is 47.8 Å². The number of hydrogen-bond acceptors (Lipinski definition) is 7. The van der Waals surface area contributed by atoms with Gasteiger partial charge < -0.3 is 4.90 Å². The van der Waals surface area contributed by atoms with Gasteiger partial charge in [-0.3, -0.25) is 9.59 Å². The van der Waals surface area contributed by atoms with E-state index in [1.54, 1.807) is 10.9 Å². The minimum Gasteiger partial charge on any atom is -0.338 e. The van der Waals surface area contributed by atoms with Gasteiger partial charge in [0.15, 0.2) is 0 Å². The smallest absolute Gasteiger partial charge is 0.275 e. The number of tetrazole rings is 1. The van der Waals surface area contributed by atoms with Crippen LogP contribution >= 0.6 is 0 Å². The fourth-order valence-corrected chi connectivity index (χ4v) is 4.40. The molecule has 1 aromatic carbocycles. The number of anilines is 1. The number of carbonyl (C=O) groups excluding carboxylic acids is 2. The van der Waals surface area contributed by atoms with Crippen LogP contribution in [0.15, 0.2) is 36.5 Å². The lowest BCUT2D eigenvalue weighted by Gasteiger charge is -2.27. The van der Waals surface area contributed by atoms with E-state index >= 15 is 0 Å². The Hall–Kier alpha value is -3.76. The van der Waals surface area contributed by atoms with Gasteiger partial charge in [-0.1, -0.05) is 23.3 Å². The molecule has 172 valence electrons. The molecule has 2 amide bonds. The first-order valence-corrected chi connectivity index (χ1v) is 11.4. The molecule has 2 aliphatic rings. The first kappa shape index (κ1) is 21.1. The summed E-state index contributed by atoms with van der Waals surface area (Å²) in [6.07, 6.45) is 5.71. The zero-order valence-electron chi connectivity index (χ0n) is 18.7. The van der Waals surface area contributed by atoms with E-state index in [9.17, 15) is 9.59 Å². The highest BCUT2D eigenvalue weighted by molar-refractivity contribution is 5.96. The third kappa shape index (κ3) is 4.18. The second kappa shape index (κ2) is 9.00. The van der Waals surface area contributed by atoms with E-state index in [0.29, 0.717) is 31.0 Å². The van der Waals surface area contributed by atoms with Crippen molar-refractivity contribution >= 4 is 17.8 Å². The van der Waals surface area contributed by atoms with Gasteiger partial charge in [0.2, 0.25) is 0 Å². The molecule has 0 spiro atoms. The van der Waals surface area contributed by atoms with Crippen LogP contribution in [0.25, 0.3) is 5.69 Å². The molecule has 11 nitrogen and oxygen atoms in total. The largest absolute Gasteiger partial charge is 0.338 e. The van der Waals surface area contributed by atoms with E-state index in [2.05, 4.69) is 25.4 Å². The van der Waals surface area contributed by atoms with Crippen molar-refractivity contribution in [2.24, 2.45) is 0 Å². The molecule has 2 fully saturated rings. The molecular weight excluding hydrogens is 422 g/mol. The van der Waals surface area contributed by atoms with Crippen LogP contribution in [0.1, 0.15) is 41.7 Å². The van der Waals surface area contributed by atoms with Crippen LogP contribution in [0.2, 0.25) is 0 Å². The summed E-state index contributed by atoms with van der Waals surface area (Å²) in [6, 6.07) is 9.65. The summed E-state index contributed by atoms with van der Waals surface area (Å²) < 4.78 is 1.73. The summed E-state index contributed by atoms with van der Waals surface area (Å²) in [7, 11) is 0. The monoisotopic (exact) mass is 449 g/mol. The Morgan fingerprint density at radius 3 is 2.48 bits per heavy atom. The van der Waals surface area contributed by atoms with Crippen LogP contribution in [0, 0.1) is 6.92 Å². The highest BCUT2D eigenvalue weighted by atomic mass is 16.2. The van der Waals surface area contributed by atoms with E-state index in [4.69, 9.17) is 0 Å². The van der Waals surface area contributed by atoms with E-state index in [1.807, 2.05) is 37.3 Å². The number of nitrogens with zero attached hydrogens (tertiary/aromatic N) is 9. The predicted molar refractivity (Wildman–Crippen MR) is 120 cm³/mol. The number of rotatable bonds is 5. The fourth-order valence-electron chi connectivity index (χ4n) is 4.40. The van der Waals surface area contributed by atoms with E-state index in [0.717, 1.165) is 37.3 Å². The van der Waals surface area contributed by atoms with Gasteiger partial charge in [-0.2, -0.15) is 9.90 Å². The van der Waals surface area contributed by atoms with Crippen molar-refractivity contribution in [2.45, 2.75) is 39.2 Å². The van der Waals surface area contributed by atoms with Crippen LogP contribution < -0.4 is 4.90 Å². The molecule has 2 saturated heterocycles. The van der Waals surface area contributed by atoms with Crippen LogP contribution in [0.5, 0.6) is 0 Å². The average Bonchev–Trinajstić information content (AvgIpc) is 3.60. The van der Waals surface area contributed by atoms with Gasteiger partial charge in [0.25, 0.3) is 17.8 Å². The molecule has 0 radical (unpaired) electrons. The fraction of sp³-hybridized carbons (Fsp3) is 0.455. The van der Waals surface area contributed by atoms with Gasteiger partial charge in [0.1, 0.15) is 6.54 Å². The van der Waals surface area contributed by atoms with Gasteiger partial charge >= 0.3 is 0 Å². The molecule has 33 heavy (non-hydrogen) atoms. The second-order valence-electron chi connectivity index (χ2n) is 8.36. The van der Waals surface area contributed by atoms with E-state index < -0.39 is 0 Å². The SMILES string of the molecule is Cc1c(C(=O)N2CCCN2C(=O)Cn2nnc(N3CCCCC3)n2)cnn1-c1ccccc1. The number of aromatic nitrogens is 6. The second-order valence-corrected chi connectivity index (χ2v) is 8.36. The number of hydrogen-bond donors (Lipinski definition) is 0. The zero-order chi connectivity index (χ0) is 22.8. The Labute approximate surface area is 191 Å². The van der Waals surface area contributed by atoms with Crippen LogP contribution in [0.4, 0.5) is 5.95 Å². The molecule has 3 aromatic rings. The van der Waals surface area contributed by atoms with Gasteiger partial charge in [-0.05, 0) is 50.0 Å². The molecule has 2 aliphatic heterocycles. The molecule has 0 saturated carbocycles. The van der Waals surface area contributed by atoms with Crippen LogP contribution in [-0.2, 0) is 11.3 Å². The molecule has 0 unspecified atom stereocenters. The number of hydrazine groups is 1. The van der Waals surface area contributed by atoms with Gasteiger partial charge in [0.05, 0.1) is 23.1 Å². The summed E-state index contributed by atoms with van der Waals surface area (Å²) in [5.41, 5.74) is 2.09. The molecule has 5 rings (SSSR count). The number of piperidine rings is 1. The van der Waals surface area contributed by atoms with Crippen molar-refractivity contribution in [2.75, 3.05) is 31.1 Å². The minimum absolute atomic E-state index is 0.0626. The Bertz CT molecular complexity index is 1130. The van der Waals surface area contributed by atoms with Gasteiger partial charge in [-0.15, -0.1) is 5.10 Å². The predicted octanol–water partition coefficient (Wildman–Crippen LogP) is 1.45. The summed E-state index contributed by atoms with van der Waals surface area (Å²) in [5.74, 6) is 0.0819. The number of benzene rings is 1. The lowest BCUT2D eigenvalue weighted by Crippen LogP contribution is -2.46. The van der Waals surface area contributed by atoms with Crippen molar-refractivity contribution in [3.63, 3.8) is 0 Å². The normalized spacial score (nSPS) is 16.5. The molecule has 2 aromatic heterocycles. The topological polar surface area (TPSA) is 105 Å². The lowest BCUT2D eigenvalue weighted by molar-refractivity contribution is -0.141. The first-order chi connectivity index (χ1) is 16.1. The molecule has 4 heterocycles. The highest BCUT2D eigenvalue weighted by Gasteiger charge is 2.33. The number of para-hydroxylation sites is 1. The number of carbonyl (C=O) groups is 2. The Kier molecular flexibility index (Phi) is 5.76. The molecule has 0 aliphatic carbocycles. The first-order valence-electron chi connectivity index (χ1n) is 11.4. The average molecular weight is 450 g/mol. The lowest BCUT2D eigenvalue weighted by atomic mass is 10.1. The Morgan fingerprint density at radius 2 is 1.70 bits per heavy atom.